The van der Waals surface area contributed by atoms with Crippen molar-refractivity contribution >= 4 is 52.2 Å². The van der Waals surface area contributed by atoms with Crippen molar-refractivity contribution in [2.75, 3.05) is 7.11 Å². The normalized spacial score (nSPS) is 12.1. The quantitative estimate of drug-likeness (QED) is 0.267. The van der Waals surface area contributed by atoms with Gasteiger partial charge in [0.1, 0.15) is 6.04 Å². The minimum atomic E-state index is -0.750. The van der Waals surface area contributed by atoms with E-state index in [4.69, 9.17) is 16.3 Å². The van der Waals surface area contributed by atoms with E-state index in [9.17, 15) is 14.7 Å². The van der Waals surface area contributed by atoms with Gasteiger partial charge < -0.3 is 15.2 Å². The molecule has 0 saturated heterocycles. The Kier molecular flexibility index (Phi) is 8.91. The summed E-state index contributed by atoms with van der Waals surface area (Å²) in [6.45, 7) is 3.92. The number of hydrazone groups is 1. The molecule has 0 radical (unpaired) electrons. The van der Waals surface area contributed by atoms with E-state index in [2.05, 4.69) is 15.8 Å². The molecule has 0 bridgehead atoms. The van der Waals surface area contributed by atoms with Gasteiger partial charge in [0, 0.05) is 10.6 Å². The molecule has 2 aromatic carbocycles. The van der Waals surface area contributed by atoms with Crippen molar-refractivity contribution in [3.05, 3.63) is 56.1 Å². The Balaban J connectivity index is 2.08. The summed E-state index contributed by atoms with van der Waals surface area (Å²) in [7, 11) is 1.45. The van der Waals surface area contributed by atoms with Crippen molar-refractivity contribution in [3.8, 4) is 11.5 Å². The average Bonchev–Trinajstić information content (AvgIpc) is 2.69. The number of nitrogens with one attached hydrogen (secondary N) is 2. The molecule has 0 aliphatic carbocycles. The van der Waals surface area contributed by atoms with E-state index in [0.29, 0.717) is 31.9 Å². The molecular weight excluding hydrogens is 521 g/mol. The fraction of sp³-hybridized carbons (Fsp3) is 0.286. The minimum Gasteiger partial charge on any atom is -0.504 e. The van der Waals surface area contributed by atoms with Crippen molar-refractivity contribution in [1.82, 2.24) is 10.7 Å². The number of nitrogens with zero attached hydrogens (tertiary/aromatic N) is 1. The molecule has 0 saturated carbocycles. The van der Waals surface area contributed by atoms with Crippen LogP contribution in [0.5, 0.6) is 11.5 Å². The Morgan fingerprint density at radius 2 is 1.93 bits per heavy atom. The van der Waals surface area contributed by atoms with Gasteiger partial charge in [-0.25, -0.2) is 5.43 Å². The molecule has 2 amide bonds. The number of methoxy groups -OCH3 is 1. The number of aromatic hydroxyl groups is 1. The first-order valence-electron chi connectivity index (χ1n) is 9.17. The fourth-order valence-corrected chi connectivity index (χ4v) is 3.37. The van der Waals surface area contributed by atoms with E-state index < -0.39 is 11.9 Å². The van der Waals surface area contributed by atoms with Crippen molar-refractivity contribution in [2.24, 2.45) is 11.0 Å². The lowest BCUT2D eigenvalue weighted by Gasteiger charge is -2.19. The van der Waals surface area contributed by atoms with Gasteiger partial charge in [-0.15, -0.1) is 0 Å². The summed E-state index contributed by atoms with van der Waals surface area (Å²) in [4.78, 5) is 25.1. The molecule has 0 aliphatic heterocycles. The lowest BCUT2D eigenvalue weighted by atomic mass is 10.0. The molecule has 0 spiro atoms. The zero-order valence-electron chi connectivity index (χ0n) is 16.8. The highest BCUT2D eigenvalue weighted by molar-refractivity contribution is 14.1. The highest BCUT2D eigenvalue weighted by Gasteiger charge is 2.22. The second-order valence-electron chi connectivity index (χ2n) is 6.95. The fourth-order valence-electron chi connectivity index (χ4n) is 2.62. The number of amides is 2. The maximum atomic E-state index is 12.6. The van der Waals surface area contributed by atoms with E-state index in [1.165, 1.54) is 13.3 Å². The topological polar surface area (TPSA) is 100 Å². The van der Waals surface area contributed by atoms with Crippen LogP contribution in [0.4, 0.5) is 0 Å². The van der Waals surface area contributed by atoms with Crippen LogP contribution < -0.4 is 15.5 Å². The molecule has 0 aromatic heterocycles. The molecule has 1 unspecified atom stereocenters. The molecule has 2 aromatic rings. The Labute approximate surface area is 194 Å². The second kappa shape index (κ2) is 11.2. The number of hydrogen-bond acceptors (Lipinski definition) is 5. The number of halogens is 2. The van der Waals surface area contributed by atoms with E-state index in [1.807, 2.05) is 36.4 Å². The maximum absolute atomic E-state index is 12.6. The molecule has 1 atom stereocenters. The Hall–Kier alpha value is -2.33. The standard InChI is InChI=1S/C21H23ClIN3O4/c1-12(2)8-17(25-20(28)14-4-6-15(22)7-5-14)21(29)26-24-11-13-9-16(23)19(27)18(10-13)30-3/h4-7,9-12,17,27H,8H2,1-3H3,(H,25,28)(H,26,29). The number of phenols is 1. The van der Waals surface area contributed by atoms with Crippen LogP contribution in [-0.2, 0) is 4.79 Å². The van der Waals surface area contributed by atoms with Crippen LogP contribution in [0.3, 0.4) is 0 Å². The third-order valence-corrected chi connectivity index (χ3v) is 5.17. The summed E-state index contributed by atoms with van der Waals surface area (Å²) in [5.74, 6) is -0.265. The predicted octanol–water partition coefficient (Wildman–Crippen LogP) is 3.95. The van der Waals surface area contributed by atoms with Gasteiger partial charge in [0.2, 0.25) is 0 Å². The van der Waals surface area contributed by atoms with Gasteiger partial charge in [0.15, 0.2) is 11.5 Å². The number of ether oxygens (including phenoxy) is 1. The number of phenolic OH excluding ortho intramolecular Hbond substituents is 1. The summed E-state index contributed by atoms with van der Waals surface area (Å²) in [6, 6.07) is 8.97. The number of carbonyl (C=O) groups excluding carboxylic acids is 2. The van der Waals surface area contributed by atoms with E-state index in [-0.39, 0.29) is 17.6 Å². The molecule has 0 aliphatic rings. The summed E-state index contributed by atoms with van der Waals surface area (Å²) in [5.41, 5.74) is 3.51. The van der Waals surface area contributed by atoms with Gasteiger partial charge in [0.25, 0.3) is 11.8 Å². The molecule has 30 heavy (non-hydrogen) atoms. The van der Waals surface area contributed by atoms with Crippen LogP contribution in [0, 0.1) is 9.49 Å². The van der Waals surface area contributed by atoms with Crippen LogP contribution in [-0.4, -0.2) is 36.3 Å². The largest absolute Gasteiger partial charge is 0.504 e. The number of rotatable bonds is 8. The van der Waals surface area contributed by atoms with Crippen LogP contribution in [0.25, 0.3) is 0 Å². The lowest BCUT2D eigenvalue weighted by molar-refractivity contribution is -0.123. The summed E-state index contributed by atoms with van der Waals surface area (Å²) < 4.78 is 5.70. The molecule has 3 N–H and O–H groups in total. The van der Waals surface area contributed by atoms with Crippen LogP contribution in [0.1, 0.15) is 36.2 Å². The molecule has 7 nitrogen and oxygen atoms in total. The molecule has 9 heteroatoms. The predicted molar refractivity (Wildman–Crippen MR) is 125 cm³/mol. The summed E-state index contributed by atoms with van der Waals surface area (Å²) in [6.07, 6.45) is 1.89. The van der Waals surface area contributed by atoms with Gasteiger partial charge in [-0.1, -0.05) is 25.4 Å². The monoisotopic (exact) mass is 543 g/mol. The van der Waals surface area contributed by atoms with Crippen molar-refractivity contribution in [2.45, 2.75) is 26.3 Å². The molecule has 2 rings (SSSR count). The smallest absolute Gasteiger partial charge is 0.262 e. The Morgan fingerprint density at radius 1 is 1.27 bits per heavy atom. The Bertz CT molecular complexity index is 933. The maximum Gasteiger partial charge on any atom is 0.262 e. The first-order valence-corrected chi connectivity index (χ1v) is 10.6. The van der Waals surface area contributed by atoms with Crippen LogP contribution in [0.15, 0.2) is 41.5 Å². The highest BCUT2D eigenvalue weighted by atomic mass is 127. The number of hydrogen-bond donors (Lipinski definition) is 3. The lowest BCUT2D eigenvalue weighted by Crippen LogP contribution is -2.46. The minimum absolute atomic E-state index is 0.0428. The molecular formula is C21H23ClIN3O4. The summed E-state index contributed by atoms with van der Waals surface area (Å²) >= 11 is 7.83. The van der Waals surface area contributed by atoms with Gasteiger partial charge in [-0.05, 0) is 76.9 Å². The third kappa shape index (κ3) is 6.88. The van der Waals surface area contributed by atoms with Gasteiger partial charge in [0.05, 0.1) is 16.9 Å². The van der Waals surface area contributed by atoms with Crippen molar-refractivity contribution < 1.29 is 19.4 Å². The first kappa shape index (κ1) is 23.9. The Morgan fingerprint density at radius 3 is 2.53 bits per heavy atom. The van der Waals surface area contributed by atoms with E-state index in [0.717, 1.165) is 0 Å². The third-order valence-electron chi connectivity index (χ3n) is 4.09. The van der Waals surface area contributed by atoms with E-state index >= 15 is 0 Å². The van der Waals surface area contributed by atoms with Crippen molar-refractivity contribution in [1.29, 1.82) is 0 Å². The SMILES string of the molecule is COc1cc(C=NNC(=O)C(CC(C)C)NC(=O)c2ccc(Cl)cc2)cc(I)c1O. The van der Waals surface area contributed by atoms with Gasteiger partial charge in [-0.2, -0.15) is 5.10 Å². The first-order chi connectivity index (χ1) is 14.2. The molecule has 160 valence electrons. The molecule has 0 fully saturated rings. The van der Waals surface area contributed by atoms with Crippen LogP contribution >= 0.6 is 34.2 Å². The second-order valence-corrected chi connectivity index (χ2v) is 8.55. The molecule has 0 heterocycles. The van der Waals surface area contributed by atoms with Gasteiger partial charge >= 0.3 is 0 Å². The zero-order chi connectivity index (χ0) is 22.3. The summed E-state index contributed by atoms with van der Waals surface area (Å²) in [5, 5.41) is 17.1. The van der Waals surface area contributed by atoms with E-state index in [1.54, 1.807) is 36.4 Å². The van der Waals surface area contributed by atoms with Gasteiger partial charge in [-0.3, -0.25) is 9.59 Å². The average molecular weight is 544 g/mol. The number of benzene rings is 2. The van der Waals surface area contributed by atoms with Crippen LogP contribution in [0.2, 0.25) is 5.02 Å². The van der Waals surface area contributed by atoms with Crippen molar-refractivity contribution in [3.63, 3.8) is 0 Å². The zero-order valence-corrected chi connectivity index (χ0v) is 19.7. The number of carbonyl (C=O) groups is 2. The highest BCUT2D eigenvalue weighted by Crippen LogP contribution is 2.31.